The lowest BCUT2D eigenvalue weighted by atomic mass is 9.99. The van der Waals surface area contributed by atoms with Gasteiger partial charge in [0.25, 0.3) is 5.91 Å². The van der Waals surface area contributed by atoms with Crippen LogP contribution in [0, 0.1) is 5.92 Å². The number of nitrogens with one attached hydrogen (secondary N) is 2. The van der Waals surface area contributed by atoms with Crippen molar-refractivity contribution < 1.29 is 14.4 Å². The monoisotopic (exact) mass is 442 g/mol. The summed E-state index contributed by atoms with van der Waals surface area (Å²) in [6.45, 7) is 3.50. The molecule has 3 fully saturated rings. The van der Waals surface area contributed by atoms with E-state index in [0.29, 0.717) is 31.6 Å². The Bertz CT molecular complexity index is 829. The molecule has 0 unspecified atom stereocenters. The molecule has 0 saturated carbocycles. The first-order valence-corrected chi connectivity index (χ1v) is 11.7. The van der Waals surface area contributed by atoms with Gasteiger partial charge in [-0.3, -0.25) is 14.4 Å². The van der Waals surface area contributed by atoms with Gasteiger partial charge < -0.3 is 25.3 Å². The zero-order valence-electron chi connectivity index (χ0n) is 19.0. The fraction of sp³-hybridized carbons (Fsp3) is 0.652. The van der Waals surface area contributed by atoms with Crippen molar-refractivity contribution in [3.8, 4) is 0 Å². The van der Waals surface area contributed by atoms with Crippen LogP contribution in [0.15, 0.2) is 18.3 Å². The molecule has 0 aliphatic carbocycles. The van der Waals surface area contributed by atoms with Gasteiger partial charge >= 0.3 is 0 Å². The number of aromatic nitrogens is 1. The van der Waals surface area contributed by atoms with Crippen LogP contribution < -0.4 is 15.5 Å². The third-order valence-corrected chi connectivity index (χ3v) is 6.81. The van der Waals surface area contributed by atoms with E-state index in [1.165, 1.54) is 0 Å². The first-order valence-electron chi connectivity index (χ1n) is 11.7. The second kappa shape index (κ2) is 9.85. The predicted octanol–water partition coefficient (Wildman–Crippen LogP) is 0.469. The van der Waals surface area contributed by atoms with Crippen molar-refractivity contribution in [2.45, 2.75) is 44.2 Å². The Morgan fingerprint density at radius 3 is 2.34 bits per heavy atom. The quantitative estimate of drug-likeness (QED) is 0.688. The second-order valence-electron chi connectivity index (χ2n) is 9.30. The van der Waals surface area contributed by atoms with Crippen LogP contribution in [0.2, 0.25) is 0 Å². The maximum Gasteiger partial charge on any atom is 0.253 e. The molecule has 3 amide bonds. The van der Waals surface area contributed by atoms with Gasteiger partial charge in [0, 0.05) is 59.1 Å². The maximum absolute atomic E-state index is 13.0. The molecule has 1 aromatic rings. The number of hydrogen-bond acceptors (Lipinski definition) is 6. The fourth-order valence-electron chi connectivity index (χ4n) is 4.83. The summed E-state index contributed by atoms with van der Waals surface area (Å²) in [5.41, 5.74) is 0.542. The number of amides is 3. The SMILES string of the molecule is CN(C)c1ccc(C(=O)NC2CCN(C(=O)[C@@H]3CN[C@H](C(=O)N4CCCC4)C3)CC2)cn1. The zero-order chi connectivity index (χ0) is 22.7. The third-order valence-electron chi connectivity index (χ3n) is 6.81. The minimum Gasteiger partial charge on any atom is -0.363 e. The first kappa shape index (κ1) is 22.5. The summed E-state index contributed by atoms with van der Waals surface area (Å²) in [4.78, 5) is 48.1. The average molecular weight is 443 g/mol. The summed E-state index contributed by atoms with van der Waals surface area (Å²) < 4.78 is 0. The van der Waals surface area contributed by atoms with Crippen molar-refractivity contribution in [3.63, 3.8) is 0 Å². The summed E-state index contributed by atoms with van der Waals surface area (Å²) >= 11 is 0. The van der Waals surface area contributed by atoms with Gasteiger partial charge in [0.05, 0.1) is 17.5 Å². The topological polar surface area (TPSA) is 97.9 Å². The molecule has 4 rings (SSSR count). The molecule has 1 aromatic heterocycles. The fourth-order valence-corrected chi connectivity index (χ4v) is 4.83. The number of rotatable bonds is 5. The minimum absolute atomic E-state index is 0.0475. The third kappa shape index (κ3) is 5.03. The lowest BCUT2D eigenvalue weighted by Crippen LogP contribution is -2.48. The number of likely N-dealkylation sites (tertiary alicyclic amines) is 2. The van der Waals surface area contributed by atoms with Crippen LogP contribution in [-0.2, 0) is 9.59 Å². The van der Waals surface area contributed by atoms with Gasteiger partial charge in [-0.2, -0.15) is 0 Å². The van der Waals surface area contributed by atoms with E-state index in [0.717, 1.165) is 44.6 Å². The van der Waals surface area contributed by atoms with Gasteiger partial charge in [-0.1, -0.05) is 0 Å². The molecule has 3 aliphatic heterocycles. The number of anilines is 1. The average Bonchev–Trinajstić information content (AvgIpc) is 3.51. The molecule has 0 bridgehead atoms. The summed E-state index contributed by atoms with van der Waals surface area (Å²) in [5, 5.41) is 6.34. The molecule has 2 atom stereocenters. The Balaban J connectivity index is 1.22. The van der Waals surface area contributed by atoms with Crippen molar-refractivity contribution in [3.05, 3.63) is 23.9 Å². The summed E-state index contributed by atoms with van der Waals surface area (Å²) in [6.07, 6.45) is 5.79. The van der Waals surface area contributed by atoms with Crippen LogP contribution >= 0.6 is 0 Å². The molecule has 32 heavy (non-hydrogen) atoms. The van der Waals surface area contributed by atoms with Gasteiger partial charge in [-0.05, 0) is 44.2 Å². The lowest BCUT2D eigenvalue weighted by molar-refractivity contribution is -0.136. The summed E-state index contributed by atoms with van der Waals surface area (Å²) in [7, 11) is 3.81. The Morgan fingerprint density at radius 2 is 1.72 bits per heavy atom. The van der Waals surface area contributed by atoms with E-state index in [9.17, 15) is 14.4 Å². The molecule has 9 nitrogen and oxygen atoms in total. The van der Waals surface area contributed by atoms with Crippen molar-refractivity contribution in [1.29, 1.82) is 0 Å². The van der Waals surface area contributed by atoms with Gasteiger partial charge in [0.15, 0.2) is 0 Å². The Kier molecular flexibility index (Phi) is 6.93. The highest BCUT2D eigenvalue weighted by molar-refractivity contribution is 5.94. The normalized spacial score (nSPS) is 23.9. The molecule has 4 heterocycles. The minimum atomic E-state index is -0.230. The first-order chi connectivity index (χ1) is 15.4. The second-order valence-corrected chi connectivity index (χ2v) is 9.30. The highest BCUT2D eigenvalue weighted by atomic mass is 16.2. The number of carbonyl (C=O) groups is 3. The Labute approximate surface area is 189 Å². The summed E-state index contributed by atoms with van der Waals surface area (Å²) in [6, 6.07) is 3.43. The van der Waals surface area contributed by atoms with Crippen molar-refractivity contribution in [2.75, 3.05) is 51.7 Å². The number of nitrogens with zero attached hydrogens (tertiary/aromatic N) is 4. The molecule has 174 valence electrons. The van der Waals surface area contributed by atoms with E-state index in [1.54, 1.807) is 12.3 Å². The van der Waals surface area contributed by atoms with Crippen LogP contribution in [0.1, 0.15) is 42.5 Å². The molecule has 3 saturated heterocycles. The van der Waals surface area contributed by atoms with Gasteiger partial charge in [-0.15, -0.1) is 0 Å². The molecular formula is C23H34N6O3. The highest BCUT2D eigenvalue weighted by Crippen LogP contribution is 2.22. The van der Waals surface area contributed by atoms with E-state index in [1.807, 2.05) is 34.9 Å². The zero-order valence-corrected chi connectivity index (χ0v) is 19.0. The smallest absolute Gasteiger partial charge is 0.253 e. The molecule has 0 radical (unpaired) electrons. The Hall–Kier alpha value is -2.68. The van der Waals surface area contributed by atoms with Crippen LogP contribution in [0.25, 0.3) is 0 Å². The molecule has 0 spiro atoms. The molecule has 3 aliphatic rings. The van der Waals surface area contributed by atoms with Crippen LogP contribution in [0.5, 0.6) is 0 Å². The van der Waals surface area contributed by atoms with E-state index in [-0.39, 0.29) is 35.7 Å². The van der Waals surface area contributed by atoms with Gasteiger partial charge in [0.2, 0.25) is 11.8 Å². The lowest BCUT2D eigenvalue weighted by Gasteiger charge is -2.33. The van der Waals surface area contributed by atoms with Gasteiger partial charge in [-0.25, -0.2) is 4.98 Å². The van der Waals surface area contributed by atoms with Crippen LogP contribution in [-0.4, -0.2) is 91.4 Å². The Morgan fingerprint density at radius 1 is 1.03 bits per heavy atom. The standard InChI is InChI=1S/C23H34N6O3/c1-27(2)20-6-5-16(14-25-20)21(30)26-18-7-11-29(12-8-18)22(31)17-13-19(24-15-17)23(32)28-9-3-4-10-28/h5-6,14,17-19,24H,3-4,7-13,15H2,1-2H3,(H,26,30)/t17-,19-/m0/s1. The number of carbonyl (C=O) groups excluding carboxylic acids is 3. The number of pyridine rings is 1. The van der Waals surface area contributed by atoms with Crippen LogP contribution in [0.4, 0.5) is 5.82 Å². The van der Waals surface area contributed by atoms with E-state index >= 15 is 0 Å². The molecule has 0 aromatic carbocycles. The van der Waals surface area contributed by atoms with E-state index in [2.05, 4.69) is 15.6 Å². The van der Waals surface area contributed by atoms with Gasteiger partial charge in [0.1, 0.15) is 5.82 Å². The predicted molar refractivity (Wildman–Crippen MR) is 121 cm³/mol. The van der Waals surface area contributed by atoms with Crippen molar-refractivity contribution in [1.82, 2.24) is 25.4 Å². The molecule has 2 N–H and O–H groups in total. The van der Waals surface area contributed by atoms with Crippen molar-refractivity contribution >= 4 is 23.5 Å². The summed E-state index contributed by atoms with van der Waals surface area (Å²) in [5.74, 6) is 0.809. The number of hydrogen-bond donors (Lipinski definition) is 2. The maximum atomic E-state index is 13.0. The number of piperidine rings is 1. The van der Waals surface area contributed by atoms with Crippen LogP contribution in [0.3, 0.4) is 0 Å². The molecular weight excluding hydrogens is 408 g/mol. The van der Waals surface area contributed by atoms with Crippen molar-refractivity contribution in [2.24, 2.45) is 5.92 Å². The van der Waals surface area contributed by atoms with E-state index < -0.39 is 0 Å². The largest absolute Gasteiger partial charge is 0.363 e. The van der Waals surface area contributed by atoms with E-state index in [4.69, 9.17) is 0 Å². The molecule has 9 heteroatoms. The highest BCUT2D eigenvalue weighted by Gasteiger charge is 2.38.